The summed E-state index contributed by atoms with van der Waals surface area (Å²) in [6, 6.07) is -0.773. The predicted octanol–water partition coefficient (Wildman–Crippen LogP) is 0.190. The lowest BCUT2D eigenvalue weighted by Crippen LogP contribution is -2.49. The van der Waals surface area contributed by atoms with Crippen molar-refractivity contribution in [3.63, 3.8) is 0 Å². The molecule has 1 aliphatic heterocycles. The SMILES string of the molecule is CC(C)(C)OC(=O)N1C(O)CCC1C(N)=O. The highest BCUT2D eigenvalue weighted by Gasteiger charge is 2.41. The molecule has 6 nitrogen and oxygen atoms in total. The summed E-state index contributed by atoms with van der Waals surface area (Å²) in [6.45, 7) is 5.14. The second-order valence-electron chi connectivity index (χ2n) is 4.86. The molecule has 0 aliphatic carbocycles. The number of nitrogens with zero attached hydrogens (tertiary/aromatic N) is 1. The highest BCUT2D eigenvalue weighted by atomic mass is 16.6. The first-order chi connectivity index (χ1) is 7.22. The van der Waals surface area contributed by atoms with Crippen LogP contribution in [0.4, 0.5) is 4.79 Å². The van der Waals surface area contributed by atoms with Crippen molar-refractivity contribution in [3.05, 3.63) is 0 Å². The molecule has 1 heterocycles. The van der Waals surface area contributed by atoms with Crippen LogP contribution in [-0.2, 0) is 9.53 Å². The van der Waals surface area contributed by atoms with E-state index in [1.165, 1.54) is 0 Å². The largest absolute Gasteiger partial charge is 0.444 e. The van der Waals surface area contributed by atoms with E-state index in [0.717, 1.165) is 4.90 Å². The Kier molecular flexibility index (Phi) is 3.42. The summed E-state index contributed by atoms with van der Waals surface area (Å²) in [4.78, 5) is 23.8. The van der Waals surface area contributed by atoms with E-state index in [2.05, 4.69) is 0 Å². The molecule has 2 unspecified atom stereocenters. The molecule has 1 fully saturated rings. The van der Waals surface area contributed by atoms with Gasteiger partial charge in [0, 0.05) is 0 Å². The first kappa shape index (κ1) is 12.8. The Morgan fingerprint density at radius 1 is 1.38 bits per heavy atom. The van der Waals surface area contributed by atoms with Crippen LogP contribution < -0.4 is 5.73 Å². The molecule has 0 aromatic carbocycles. The second-order valence-corrected chi connectivity index (χ2v) is 4.86. The summed E-state index contributed by atoms with van der Waals surface area (Å²) in [5, 5.41) is 9.59. The van der Waals surface area contributed by atoms with E-state index < -0.39 is 29.9 Å². The lowest BCUT2D eigenvalue weighted by atomic mass is 10.2. The summed E-state index contributed by atoms with van der Waals surface area (Å²) >= 11 is 0. The lowest BCUT2D eigenvalue weighted by molar-refractivity contribution is -0.124. The summed E-state index contributed by atoms with van der Waals surface area (Å²) < 4.78 is 5.09. The van der Waals surface area contributed by atoms with E-state index in [9.17, 15) is 14.7 Å². The van der Waals surface area contributed by atoms with Gasteiger partial charge in [-0.3, -0.25) is 9.69 Å². The van der Waals surface area contributed by atoms with E-state index in [4.69, 9.17) is 10.5 Å². The Morgan fingerprint density at radius 3 is 2.38 bits per heavy atom. The maximum absolute atomic E-state index is 11.7. The Labute approximate surface area is 94.3 Å². The molecule has 0 spiro atoms. The van der Waals surface area contributed by atoms with Crippen molar-refractivity contribution in [1.29, 1.82) is 0 Å². The minimum absolute atomic E-state index is 0.340. The minimum Gasteiger partial charge on any atom is -0.444 e. The number of amides is 2. The van der Waals surface area contributed by atoms with E-state index in [1.807, 2.05) is 0 Å². The summed E-state index contributed by atoms with van der Waals surface area (Å²) in [5.41, 5.74) is 4.49. The van der Waals surface area contributed by atoms with Crippen LogP contribution in [0.15, 0.2) is 0 Å². The number of carbonyl (C=O) groups excluding carboxylic acids is 2. The van der Waals surface area contributed by atoms with Crippen molar-refractivity contribution < 1.29 is 19.4 Å². The van der Waals surface area contributed by atoms with Gasteiger partial charge in [0.25, 0.3) is 0 Å². The Bertz CT molecular complexity index is 298. The van der Waals surface area contributed by atoms with Crippen LogP contribution in [0.5, 0.6) is 0 Å². The predicted molar refractivity (Wildman–Crippen MR) is 56.3 cm³/mol. The summed E-state index contributed by atoms with van der Waals surface area (Å²) in [6.07, 6.45) is -0.989. The molecule has 1 saturated heterocycles. The van der Waals surface area contributed by atoms with Crippen LogP contribution in [-0.4, -0.2) is 39.9 Å². The van der Waals surface area contributed by atoms with Gasteiger partial charge in [0.1, 0.15) is 17.9 Å². The smallest absolute Gasteiger partial charge is 0.413 e. The Balaban J connectivity index is 2.76. The number of aliphatic hydroxyl groups is 1. The highest BCUT2D eigenvalue weighted by Crippen LogP contribution is 2.24. The Hall–Kier alpha value is -1.30. The third-order valence-electron chi connectivity index (χ3n) is 2.29. The molecule has 0 aromatic rings. The van der Waals surface area contributed by atoms with E-state index in [0.29, 0.717) is 12.8 Å². The number of hydrogen-bond acceptors (Lipinski definition) is 4. The normalized spacial score (nSPS) is 25.6. The highest BCUT2D eigenvalue weighted by molar-refractivity contribution is 5.85. The van der Waals surface area contributed by atoms with Gasteiger partial charge in [0.2, 0.25) is 5.91 Å². The molecule has 0 aromatic heterocycles. The van der Waals surface area contributed by atoms with Crippen molar-refractivity contribution in [2.24, 2.45) is 5.73 Å². The maximum Gasteiger partial charge on any atom is 0.413 e. The van der Waals surface area contributed by atoms with Crippen molar-refractivity contribution in [2.45, 2.75) is 51.5 Å². The van der Waals surface area contributed by atoms with Gasteiger partial charge in [0.05, 0.1) is 0 Å². The van der Waals surface area contributed by atoms with Gasteiger partial charge in [-0.1, -0.05) is 0 Å². The fraction of sp³-hybridized carbons (Fsp3) is 0.800. The van der Waals surface area contributed by atoms with E-state index in [1.54, 1.807) is 20.8 Å². The number of ether oxygens (including phenoxy) is 1. The number of nitrogens with two attached hydrogens (primary N) is 1. The van der Waals surface area contributed by atoms with Gasteiger partial charge in [-0.05, 0) is 33.6 Å². The quantitative estimate of drug-likeness (QED) is 0.672. The second kappa shape index (κ2) is 4.29. The van der Waals surface area contributed by atoms with Crippen LogP contribution in [0.1, 0.15) is 33.6 Å². The van der Waals surface area contributed by atoms with Crippen molar-refractivity contribution >= 4 is 12.0 Å². The van der Waals surface area contributed by atoms with Gasteiger partial charge >= 0.3 is 6.09 Å². The molecule has 3 N–H and O–H groups in total. The molecule has 92 valence electrons. The first-order valence-electron chi connectivity index (χ1n) is 5.21. The third kappa shape index (κ3) is 2.85. The number of likely N-dealkylation sites (tertiary alicyclic amines) is 1. The number of aliphatic hydroxyl groups excluding tert-OH is 1. The van der Waals surface area contributed by atoms with E-state index in [-0.39, 0.29) is 0 Å². The molecule has 1 rings (SSSR count). The van der Waals surface area contributed by atoms with Crippen molar-refractivity contribution in [3.8, 4) is 0 Å². The number of rotatable bonds is 1. The van der Waals surface area contributed by atoms with Gasteiger partial charge in [-0.15, -0.1) is 0 Å². The molecule has 1 aliphatic rings. The number of hydrogen-bond donors (Lipinski definition) is 2. The number of primary amides is 1. The zero-order chi connectivity index (χ0) is 12.5. The molecule has 16 heavy (non-hydrogen) atoms. The molecule has 6 heteroatoms. The Morgan fingerprint density at radius 2 is 1.94 bits per heavy atom. The molecule has 2 atom stereocenters. The van der Waals surface area contributed by atoms with Crippen LogP contribution in [0.3, 0.4) is 0 Å². The topological polar surface area (TPSA) is 92.9 Å². The van der Waals surface area contributed by atoms with Crippen LogP contribution in [0.2, 0.25) is 0 Å². The first-order valence-corrected chi connectivity index (χ1v) is 5.21. The van der Waals surface area contributed by atoms with Gasteiger partial charge in [-0.2, -0.15) is 0 Å². The average Bonchev–Trinajstić information content (AvgIpc) is 2.43. The zero-order valence-electron chi connectivity index (χ0n) is 9.77. The molecule has 2 amide bonds. The van der Waals surface area contributed by atoms with Crippen LogP contribution in [0.25, 0.3) is 0 Å². The fourth-order valence-electron chi connectivity index (χ4n) is 1.64. The fourth-order valence-corrected chi connectivity index (χ4v) is 1.64. The van der Waals surface area contributed by atoms with Crippen molar-refractivity contribution in [2.75, 3.05) is 0 Å². The monoisotopic (exact) mass is 230 g/mol. The lowest BCUT2D eigenvalue weighted by Gasteiger charge is -2.29. The molecule has 0 saturated carbocycles. The molecular weight excluding hydrogens is 212 g/mol. The van der Waals surface area contributed by atoms with Crippen LogP contribution >= 0.6 is 0 Å². The summed E-state index contributed by atoms with van der Waals surface area (Å²) in [5.74, 6) is -0.623. The third-order valence-corrected chi connectivity index (χ3v) is 2.29. The van der Waals surface area contributed by atoms with E-state index >= 15 is 0 Å². The standard InChI is InChI=1S/C10H18N2O4/c1-10(2,3)16-9(15)12-6(8(11)14)4-5-7(12)13/h6-7,13H,4-5H2,1-3H3,(H2,11,14). The molecule has 0 radical (unpaired) electrons. The average molecular weight is 230 g/mol. The maximum atomic E-state index is 11.7. The number of carbonyl (C=O) groups is 2. The zero-order valence-corrected chi connectivity index (χ0v) is 9.77. The molecular formula is C10H18N2O4. The van der Waals surface area contributed by atoms with Crippen molar-refractivity contribution in [1.82, 2.24) is 4.90 Å². The van der Waals surface area contributed by atoms with Gasteiger partial charge in [0.15, 0.2) is 0 Å². The van der Waals surface area contributed by atoms with Crippen LogP contribution in [0, 0.1) is 0 Å². The van der Waals surface area contributed by atoms with Gasteiger partial charge < -0.3 is 15.6 Å². The minimum atomic E-state index is -0.993. The summed E-state index contributed by atoms with van der Waals surface area (Å²) in [7, 11) is 0. The molecule has 0 bridgehead atoms. The van der Waals surface area contributed by atoms with Gasteiger partial charge in [-0.25, -0.2) is 4.79 Å².